The van der Waals surface area contributed by atoms with Gasteiger partial charge in [-0.25, -0.2) is 4.98 Å². The molecule has 19 heavy (non-hydrogen) atoms. The quantitative estimate of drug-likeness (QED) is 0.512. The van der Waals surface area contributed by atoms with Crippen LogP contribution in [0.4, 0.5) is 5.69 Å². The van der Waals surface area contributed by atoms with E-state index in [0.717, 1.165) is 12.8 Å². The van der Waals surface area contributed by atoms with Gasteiger partial charge in [0.05, 0.1) is 4.92 Å². The highest BCUT2D eigenvalue weighted by molar-refractivity contribution is 6.32. The molecule has 1 aromatic rings. The van der Waals surface area contributed by atoms with Gasteiger partial charge in [-0.05, 0) is 25.8 Å². The molecule has 0 spiro atoms. The number of carbonyl (C=O) groups excluding carboxylic acids is 1. The Hall–Kier alpha value is -1.69. The monoisotopic (exact) mass is 285 g/mol. The van der Waals surface area contributed by atoms with Gasteiger partial charge in [-0.3, -0.25) is 14.9 Å². The molecule has 0 aliphatic carbocycles. The Morgan fingerprint density at radius 2 is 2.11 bits per heavy atom. The van der Waals surface area contributed by atoms with Gasteiger partial charge in [0.15, 0.2) is 0 Å². The minimum atomic E-state index is -0.695. The second kappa shape index (κ2) is 5.97. The van der Waals surface area contributed by atoms with Crippen LogP contribution in [0.3, 0.4) is 0 Å². The van der Waals surface area contributed by atoms with Gasteiger partial charge in [-0.2, -0.15) is 0 Å². The van der Waals surface area contributed by atoms with E-state index in [9.17, 15) is 14.9 Å². The summed E-state index contributed by atoms with van der Waals surface area (Å²) in [6.07, 6.45) is 2.73. The van der Waals surface area contributed by atoms with Crippen molar-refractivity contribution in [3.8, 4) is 0 Å². The average molecular weight is 286 g/mol. The van der Waals surface area contributed by atoms with Gasteiger partial charge in [0, 0.05) is 11.7 Å². The predicted molar refractivity (Wildman–Crippen MR) is 72.4 cm³/mol. The lowest BCUT2D eigenvalue weighted by atomic mass is 9.95. The first kappa shape index (κ1) is 15.4. The smallest absolute Gasteiger partial charge is 0.319 e. The van der Waals surface area contributed by atoms with E-state index < -0.39 is 22.1 Å². The van der Waals surface area contributed by atoms with Crippen LogP contribution >= 0.6 is 11.6 Å². The van der Waals surface area contributed by atoms with Crippen molar-refractivity contribution < 1.29 is 9.72 Å². The van der Waals surface area contributed by atoms with E-state index >= 15 is 0 Å². The lowest BCUT2D eigenvalue weighted by Crippen LogP contribution is -2.45. The van der Waals surface area contributed by atoms with Crippen LogP contribution in [0, 0.1) is 10.1 Å². The van der Waals surface area contributed by atoms with Crippen LogP contribution in [-0.2, 0) is 0 Å². The summed E-state index contributed by atoms with van der Waals surface area (Å²) in [6, 6.07) is 1.30. The summed E-state index contributed by atoms with van der Waals surface area (Å²) in [5.74, 6) is -0.512. The largest absolute Gasteiger partial charge is 0.347 e. The highest BCUT2D eigenvalue weighted by Gasteiger charge is 2.29. The van der Waals surface area contributed by atoms with Crippen LogP contribution in [0.25, 0.3) is 0 Å². The molecule has 0 fully saturated rings. The maximum atomic E-state index is 12.2. The van der Waals surface area contributed by atoms with E-state index in [1.165, 1.54) is 12.3 Å². The summed E-state index contributed by atoms with van der Waals surface area (Å²) in [6.45, 7) is 5.77. The Bertz CT molecular complexity index is 501. The number of aromatic nitrogens is 1. The highest BCUT2D eigenvalue weighted by Crippen LogP contribution is 2.26. The number of carbonyl (C=O) groups is 1. The molecule has 0 aliphatic rings. The number of hydrogen-bond acceptors (Lipinski definition) is 4. The molecule has 0 aromatic carbocycles. The maximum absolute atomic E-state index is 12.2. The van der Waals surface area contributed by atoms with E-state index in [1.54, 1.807) is 0 Å². The van der Waals surface area contributed by atoms with Gasteiger partial charge < -0.3 is 5.32 Å². The van der Waals surface area contributed by atoms with Crippen LogP contribution in [0.5, 0.6) is 0 Å². The molecule has 0 radical (unpaired) electrons. The average Bonchev–Trinajstić information content (AvgIpc) is 2.37. The highest BCUT2D eigenvalue weighted by atomic mass is 35.5. The summed E-state index contributed by atoms with van der Waals surface area (Å²) < 4.78 is 0. The Morgan fingerprint density at radius 1 is 1.53 bits per heavy atom. The Balaban J connectivity index is 3.14. The van der Waals surface area contributed by atoms with Crippen LogP contribution in [-0.4, -0.2) is 21.4 Å². The molecule has 0 saturated carbocycles. The van der Waals surface area contributed by atoms with Crippen LogP contribution < -0.4 is 5.32 Å². The van der Waals surface area contributed by atoms with E-state index in [-0.39, 0.29) is 10.7 Å². The topological polar surface area (TPSA) is 85.1 Å². The van der Waals surface area contributed by atoms with E-state index in [4.69, 9.17) is 11.6 Å². The number of halogens is 1. The minimum absolute atomic E-state index is 0.0712. The maximum Gasteiger partial charge on any atom is 0.319 e. The molecule has 6 nitrogen and oxygen atoms in total. The van der Waals surface area contributed by atoms with Gasteiger partial charge in [-0.1, -0.05) is 25.4 Å². The number of hydrogen-bond donors (Lipinski definition) is 1. The Labute approximate surface area is 116 Å². The van der Waals surface area contributed by atoms with E-state index in [0.29, 0.717) is 0 Å². The second-order valence-electron chi connectivity index (χ2n) is 4.48. The summed E-state index contributed by atoms with van der Waals surface area (Å²) in [5.41, 5.74) is -0.935. The molecule has 0 atom stereocenters. The van der Waals surface area contributed by atoms with Crippen LogP contribution in [0.2, 0.25) is 5.15 Å². The number of nitrogens with one attached hydrogen (secondary N) is 1. The molecule has 7 heteroatoms. The Morgan fingerprint density at radius 3 is 2.58 bits per heavy atom. The predicted octanol–water partition coefficient (Wildman–Crippen LogP) is 2.95. The number of nitro groups is 1. The zero-order valence-corrected chi connectivity index (χ0v) is 11.8. The number of rotatable bonds is 5. The molecule has 1 aromatic heterocycles. The van der Waals surface area contributed by atoms with Crippen molar-refractivity contribution >= 4 is 23.2 Å². The number of amides is 1. The first-order valence-electron chi connectivity index (χ1n) is 5.96. The van der Waals surface area contributed by atoms with Crippen molar-refractivity contribution in [3.63, 3.8) is 0 Å². The first-order valence-corrected chi connectivity index (χ1v) is 6.33. The molecule has 1 N–H and O–H groups in total. The molecule has 0 saturated heterocycles. The SMILES string of the molecule is CCC(C)(CC)NC(=O)c1ccnc(Cl)c1[N+](=O)[O-]. The van der Waals surface area contributed by atoms with E-state index in [2.05, 4.69) is 10.3 Å². The number of pyridine rings is 1. The molecular weight excluding hydrogens is 270 g/mol. The fraction of sp³-hybridized carbons (Fsp3) is 0.500. The second-order valence-corrected chi connectivity index (χ2v) is 4.83. The van der Waals surface area contributed by atoms with Gasteiger partial charge in [-0.15, -0.1) is 0 Å². The molecule has 1 amide bonds. The molecule has 0 bridgehead atoms. The lowest BCUT2D eigenvalue weighted by Gasteiger charge is -2.28. The molecule has 104 valence electrons. The lowest BCUT2D eigenvalue weighted by molar-refractivity contribution is -0.385. The van der Waals surface area contributed by atoms with Crippen molar-refractivity contribution in [2.75, 3.05) is 0 Å². The van der Waals surface area contributed by atoms with Crippen molar-refractivity contribution in [1.29, 1.82) is 0 Å². The van der Waals surface area contributed by atoms with Crippen molar-refractivity contribution in [3.05, 3.63) is 33.1 Å². The third kappa shape index (κ3) is 3.41. The third-order valence-corrected chi connectivity index (χ3v) is 3.56. The minimum Gasteiger partial charge on any atom is -0.347 e. The number of nitrogens with zero attached hydrogens (tertiary/aromatic N) is 2. The summed E-state index contributed by atoms with van der Waals surface area (Å²) in [5, 5.41) is 13.5. The van der Waals surface area contributed by atoms with Gasteiger partial charge >= 0.3 is 5.69 Å². The van der Waals surface area contributed by atoms with Crippen molar-refractivity contribution in [2.24, 2.45) is 0 Å². The van der Waals surface area contributed by atoms with Crippen molar-refractivity contribution in [2.45, 2.75) is 39.2 Å². The molecule has 0 aliphatic heterocycles. The normalized spacial score (nSPS) is 11.2. The molecule has 1 rings (SSSR count). The first-order chi connectivity index (χ1) is 8.84. The zero-order valence-electron chi connectivity index (χ0n) is 11.1. The fourth-order valence-electron chi connectivity index (χ4n) is 1.55. The molecular formula is C12H16ClN3O3. The Kier molecular flexibility index (Phi) is 4.83. The summed E-state index contributed by atoms with van der Waals surface area (Å²) in [7, 11) is 0. The fourth-order valence-corrected chi connectivity index (χ4v) is 1.78. The summed E-state index contributed by atoms with van der Waals surface area (Å²) >= 11 is 5.67. The molecule has 0 unspecified atom stereocenters. The van der Waals surface area contributed by atoms with Crippen LogP contribution in [0.15, 0.2) is 12.3 Å². The zero-order chi connectivity index (χ0) is 14.6. The standard InChI is InChI=1S/C12H16ClN3O3/c1-4-12(3,5-2)15-11(17)8-6-7-14-10(13)9(8)16(18)19/h6-7H,4-5H2,1-3H3,(H,15,17). The van der Waals surface area contributed by atoms with Crippen LogP contribution in [0.1, 0.15) is 44.0 Å². The van der Waals surface area contributed by atoms with Gasteiger partial charge in [0.25, 0.3) is 5.91 Å². The van der Waals surface area contributed by atoms with Gasteiger partial charge in [0.1, 0.15) is 5.56 Å². The van der Waals surface area contributed by atoms with Crippen molar-refractivity contribution in [1.82, 2.24) is 10.3 Å². The molecule has 1 heterocycles. The summed E-state index contributed by atoms with van der Waals surface area (Å²) in [4.78, 5) is 26.0. The van der Waals surface area contributed by atoms with Gasteiger partial charge in [0.2, 0.25) is 5.15 Å². The van der Waals surface area contributed by atoms with E-state index in [1.807, 2.05) is 20.8 Å². The third-order valence-electron chi connectivity index (χ3n) is 3.28.